The second-order valence-corrected chi connectivity index (χ2v) is 4.52. The Morgan fingerprint density at radius 1 is 0.947 bits per heavy atom. The van der Waals surface area contributed by atoms with Crippen LogP contribution in [0.3, 0.4) is 0 Å². The molecule has 0 radical (unpaired) electrons. The fraction of sp³-hybridized carbons (Fsp3) is 0.214. The van der Waals surface area contributed by atoms with E-state index in [1.165, 1.54) is 0 Å². The van der Waals surface area contributed by atoms with E-state index in [0.29, 0.717) is 11.6 Å². The monoisotopic (exact) mass is 267 g/mol. The Bertz CT molecular complexity index is 651. The summed E-state index contributed by atoms with van der Waals surface area (Å²) in [6.45, 7) is 3.70. The van der Waals surface area contributed by atoms with Gasteiger partial charge >= 0.3 is 6.18 Å². The summed E-state index contributed by atoms with van der Waals surface area (Å²) in [5, 5.41) is 0. The quantitative estimate of drug-likeness (QED) is 0.840. The Balaban J connectivity index is 2.63. The van der Waals surface area contributed by atoms with E-state index in [0.717, 1.165) is 17.2 Å². The highest BCUT2D eigenvalue weighted by molar-refractivity contribution is 5.62. The number of benzene rings is 1. The number of nitrogens with one attached hydrogen (secondary N) is 1. The molecule has 0 saturated heterocycles. The standard InChI is InChI=1S/C14H12F3NO/c1-8-3-9(2)5-10(4-8)12-6-11(14(15,16)17)7-13(19)18-12/h3-7H,1-2H3,(H,18,19). The molecule has 0 spiro atoms. The van der Waals surface area contributed by atoms with Crippen molar-refractivity contribution in [3.8, 4) is 11.3 Å². The number of aryl methyl sites for hydroxylation is 2. The molecule has 1 heterocycles. The van der Waals surface area contributed by atoms with Gasteiger partial charge in [0.25, 0.3) is 0 Å². The lowest BCUT2D eigenvalue weighted by Gasteiger charge is -2.09. The third-order valence-corrected chi connectivity index (χ3v) is 2.70. The van der Waals surface area contributed by atoms with Crippen molar-refractivity contribution < 1.29 is 13.2 Å². The van der Waals surface area contributed by atoms with Crippen molar-refractivity contribution in [2.24, 2.45) is 0 Å². The number of halogens is 3. The Labute approximate surface area is 107 Å². The summed E-state index contributed by atoms with van der Waals surface area (Å²) < 4.78 is 38.0. The van der Waals surface area contributed by atoms with Gasteiger partial charge in [-0.3, -0.25) is 4.79 Å². The maximum atomic E-state index is 12.7. The van der Waals surface area contributed by atoms with Crippen LogP contribution in [0, 0.1) is 13.8 Å². The third kappa shape index (κ3) is 3.05. The van der Waals surface area contributed by atoms with Crippen molar-refractivity contribution in [1.82, 2.24) is 4.98 Å². The summed E-state index contributed by atoms with van der Waals surface area (Å²) in [4.78, 5) is 13.8. The van der Waals surface area contributed by atoms with Crippen LogP contribution in [0.25, 0.3) is 11.3 Å². The second-order valence-electron chi connectivity index (χ2n) is 4.52. The summed E-state index contributed by atoms with van der Waals surface area (Å²) in [5.74, 6) is 0. The molecular weight excluding hydrogens is 255 g/mol. The van der Waals surface area contributed by atoms with E-state index >= 15 is 0 Å². The lowest BCUT2D eigenvalue weighted by atomic mass is 10.0. The minimum Gasteiger partial charge on any atom is -0.322 e. The number of hydrogen-bond donors (Lipinski definition) is 1. The van der Waals surface area contributed by atoms with Gasteiger partial charge < -0.3 is 4.98 Å². The van der Waals surface area contributed by atoms with Crippen LogP contribution in [0.2, 0.25) is 0 Å². The molecule has 1 N–H and O–H groups in total. The Morgan fingerprint density at radius 3 is 2.05 bits per heavy atom. The van der Waals surface area contributed by atoms with Crippen LogP contribution in [0.1, 0.15) is 16.7 Å². The molecule has 0 bridgehead atoms. The molecule has 2 aromatic rings. The first-order chi connectivity index (χ1) is 8.75. The van der Waals surface area contributed by atoms with Gasteiger partial charge in [0.15, 0.2) is 0 Å². The lowest BCUT2D eigenvalue weighted by molar-refractivity contribution is -0.137. The average molecular weight is 267 g/mol. The third-order valence-electron chi connectivity index (χ3n) is 2.70. The van der Waals surface area contributed by atoms with Gasteiger partial charge in [-0.05, 0) is 37.6 Å². The van der Waals surface area contributed by atoms with E-state index in [4.69, 9.17) is 0 Å². The lowest BCUT2D eigenvalue weighted by Crippen LogP contribution is -2.13. The molecule has 0 amide bonds. The Kier molecular flexibility index (Phi) is 3.22. The highest BCUT2D eigenvalue weighted by atomic mass is 19.4. The summed E-state index contributed by atoms with van der Waals surface area (Å²) >= 11 is 0. The molecule has 0 saturated carbocycles. The number of H-pyrrole nitrogens is 1. The van der Waals surface area contributed by atoms with Crippen molar-refractivity contribution in [3.63, 3.8) is 0 Å². The zero-order chi connectivity index (χ0) is 14.2. The second kappa shape index (κ2) is 4.57. The number of pyridine rings is 1. The zero-order valence-corrected chi connectivity index (χ0v) is 10.4. The topological polar surface area (TPSA) is 32.9 Å². The molecule has 1 aromatic carbocycles. The average Bonchev–Trinajstić information content (AvgIpc) is 2.25. The number of aromatic nitrogens is 1. The van der Waals surface area contributed by atoms with Crippen LogP contribution >= 0.6 is 0 Å². The molecule has 0 atom stereocenters. The van der Waals surface area contributed by atoms with Gasteiger partial charge in [0.1, 0.15) is 0 Å². The van der Waals surface area contributed by atoms with Gasteiger partial charge in [0.2, 0.25) is 5.56 Å². The van der Waals surface area contributed by atoms with Crippen molar-refractivity contribution in [3.05, 3.63) is 57.4 Å². The van der Waals surface area contributed by atoms with Gasteiger partial charge in [-0.1, -0.05) is 17.2 Å². The summed E-state index contributed by atoms with van der Waals surface area (Å²) in [5.41, 5.74) is 0.892. The summed E-state index contributed by atoms with van der Waals surface area (Å²) in [7, 11) is 0. The molecule has 2 nitrogen and oxygen atoms in total. The molecular formula is C14H12F3NO. The maximum Gasteiger partial charge on any atom is 0.416 e. The van der Waals surface area contributed by atoms with Crippen molar-refractivity contribution in [2.75, 3.05) is 0 Å². The van der Waals surface area contributed by atoms with Crippen LogP contribution in [0.5, 0.6) is 0 Å². The van der Waals surface area contributed by atoms with Gasteiger partial charge in [-0.15, -0.1) is 0 Å². The summed E-state index contributed by atoms with van der Waals surface area (Å²) in [6, 6.07) is 6.90. The molecule has 2 rings (SSSR count). The molecule has 0 fully saturated rings. The maximum absolute atomic E-state index is 12.7. The predicted molar refractivity (Wildman–Crippen MR) is 67.0 cm³/mol. The predicted octanol–water partition coefficient (Wildman–Crippen LogP) is 3.68. The smallest absolute Gasteiger partial charge is 0.322 e. The Morgan fingerprint density at radius 2 is 1.53 bits per heavy atom. The van der Waals surface area contributed by atoms with E-state index < -0.39 is 17.3 Å². The fourth-order valence-electron chi connectivity index (χ4n) is 1.99. The molecule has 1 aromatic heterocycles. The van der Waals surface area contributed by atoms with E-state index in [2.05, 4.69) is 4.98 Å². The van der Waals surface area contributed by atoms with Gasteiger partial charge in [-0.2, -0.15) is 13.2 Å². The van der Waals surface area contributed by atoms with Crippen molar-refractivity contribution >= 4 is 0 Å². The first-order valence-electron chi connectivity index (χ1n) is 5.66. The summed E-state index contributed by atoms with van der Waals surface area (Å²) in [6.07, 6.45) is -4.53. The molecule has 0 aliphatic heterocycles. The Hall–Kier alpha value is -2.04. The molecule has 0 aliphatic rings. The number of rotatable bonds is 1. The molecule has 100 valence electrons. The van der Waals surface area contributed by atoms with Crippen LogP contribution in [-0.2, 0) is 6.18 Å². The minimum atomic E-state index is -4.53. The largest absolute Gasteiger partial charge is 0.416 e. The fourth-order valence-corrected chi connectivity index (χ4v) is 1.99. The van der Waals surface area contributed by atoms with Crippen LogP contribution in [0.4, 0.5) is 13.2 Å². The number of aromatic amines is 1. The van der Waals surface area contributed by atoms with E-state index in [1.807, 2.05) is 19.9 Å². The van der Waals surface area contributed by atoms with Gasteiger partial charge in [-0.25, -0.2) is 0 Å². The van der Waals surface area contributed by atoms with Crippen LogP contribution in [-0.4, -0.2) is 4.98 Å². The normalized spacial score (nSPS) is 11.6. The number of alkyl halides is 3. The highest BCUT2D eigenvalue weighted by Gasteiger charge is 2.31. The highest BCUT2D eigenvalue weighted by Crippen LogP contribution is 2.30. The first-order valence-corrected chi connectivity index (χ1v) is 5.66. The molecule has 5 heteroatoms. The van der Waals surface area contributed by atoms with Gasteiger partial charge in [0, 0.05) is 11.8 Å². The van der Waals surface area contributed by atoms with E-state index in [-0.39, 0.29) is 5.69 Å². The van der Waals surface area contributed by atoms with Crippen LogP contribution in [0.15, 0.2) is 35.1 Å². The van der Waals surface area contributed by atoms with Crippen molar-refractivity contribution in [1.29, 1.82) is 0 Å². The molecule has 0 aliphatic carbocycles. The zero-order valence-electron chi connectivity index (χ0n) is 10.4. The van der Waals surface area contributed by atoms with Crippen molar-refractivity contribution in [2.45, 2.75) is 20.0 Å². The van der Waals surface area contributed by atoms with E-state index in [1.54, 1.807) is 12.1 Å². The van der Waals surface area contributed by atoms with Gasteiger partial charge in [0.05, 0.1) is 5.56 Å². The molecule has 0 unspecified atom stereocenters. The number of hydrogen-bond acceptors (Lipinski definition) is 1. The SMILES string of the molecule is Cc1cc(C)cc(-c2cc(C(F)(F)F)cc(=O)[nH]2)c1. The minimum absolute atomic E-state index is 0.173. The first kappa shape index (κ1) is 13.4. The van der Waals surface area contributed by atoms with Crippen LogP contribution < -0.4 is 5.56 Å². The van der Waals surface area contributed by atoms with E-state index in [9.17, 15) is 18.0 Å². The molecule has 19 heavy (non-hydrogen) atoms.